The van der Waals surface area contributed by atoms with E-state index >= 15 is 0 Å². The van der Waals surface area contributed by atoms with Crippen molar-refractivity contribution in [3.05, 3.63) is 45.3 Å². The Morgan fingerprint density at radius 3 is 2.44 bits per heavy atom. The highest BCUT2D eigenvalue weighted by Gasteiger charge is 2.14. The Bertz CT molecular complexity index is 604. The summed E-state index contributed by atoms with van der Waals surface area (Å²) in [6.07, 6.45) is 0. The van der Waals surface area contributed by atoms with Crippen molar-refractivity contribution in [2.24, 2.45) is 0 Å². The van der Waals surface area contributed by atoms with Crippen molar-refractivity contribution in [3.8, 4) is 17.0 Å². The molecule has 0 fully saturated rings. The van der Waals surface area contributed by atoms with Crippen molar-refractivity contribution < 1.29 is 9.13 Å². The first-order valence-corrected chi connectivity index (χ1v) is 6.01. The Hall–Kier alpha value is -1.03. The van der Waals surface area contributed by atoms with Gasteiger partial charge in [0, 0.05) is 17.7 Å². The topological polar surface area (TPSA) is 22.1 Å². The smallest absolute Gasteiger partial charge is 0.216 e. The second kappa shape index (κ2) is 5.31. The first-order valence-electron chi connectivity index (χ1n) is 4.88. The number of pyridine rings is 1. The first-order chi connectivity index (χ1) is 8.52. The van der Waals surface area contributed by atoms with Gasteiger partial charge in [0.25, 0.3) is 0 Å². The molecule has 0 saturated carbocycles. The summed E-state index contributed by atoms with van der Waals surface area (Å²) in [6.45, 7) is 0. The van der Waals surface area contributed by atoms with Crippen LogP contribution in [0.25, 0.3) is 11.1 Å². The van der Waals surface area contributed by atoms with Crippen LogP contribution in [0.15, 0.2) is 24.3 Å². The molecule has 2 rings (SSSR count). The second-order valence-electron chi connectivity index (χ2n) is 3.44. The van der Waals surface area contributed by atoms with Crippen LogP contribution in [0, 0.1) is 5.95 Å². The molecule has 1 heterocycles. The summed E-state index contributed by atoms with van der Waals surface area (Å²) in [4.78, 5) is 3.55. The van der Waals surface area contributed by atoms with Gasteiger partial charge in [-0.05, 0) is 17.7 Å². The van der Waals surface area contributed by atoms with Gasteiger partial charge in [-0.3, -0.25) is 0 Å². The lowest BCUT2D eigenvalue weighted by Crippen LogP contribution is -1.93. The van der Waals surface area contributed by atoms with E-state index in [1.165, 1.54) is 19.2 Å². The quantitative estimate of drug-likeness (QED) is 0.584. The Labute approximate surface area is 118 Å². The molecule has 0 bridgehead atoms. The minimum atomic E-state index is -0.684. The van der Waals surface area contributed by atoms with Gasteiger partial charge >= 0.3 is 0 Å². The Morgan fingerprint density at radius 2 is 1.78 bits per heavy atom. The van der Waals surface area contributed by atoms with Gasteiger partial charge in [0.05, 0.1) is 22.2 Å². The normalized spacial score (nSPS) is 10.5. The molecular weight excluding hydrogens is 299 g/mol. The van der Waals surface area contributed by atoms with Gasteiger partial charge in [0.1, 0.15) is 0 Å². The Kier molecular flexibility index (Phi) is 3.95. The molecule has 94 valence electrons. The van der Waals surface area contributed by atoms with E-state index in [0.29, 0.717) is 21.2 Å². The molecule has 2 nitrogen and oxygen atoms in total. The van der Waals surface area contributed by atoms with Crippen LogP contribution in [0.4, 0.5) is 4.39 Å². The van der Waals surface area contributed by atoms with Crippen molar-refractivity contribution in [3.63, 3.8) is 0 Å². The molecule has 0 aliphatic carbocycles. The summed E-state index contributed by atoms with van der Waals surface area (Å²) in [7, 11) is 1.40. The third-order valence-corrected chi connectivity index (χ3v) is 3.43. The van der Waals surface area contributed by atoms with Gasteiger partial charge in [-0.1, -0.05) is 34.8 Å². The van der Waals surface area contributed by atoms with Crippen LogP contribution in [0.5, 0.6) is 5.88 Å². The second-order valence-corrected chi connectivity index (χ2v) is 4.63. The minimum absolute atomic E-state index is 0.136. The standard InChI is InChI=1S/C12H7Cl3FNO/c1-18-10-5-6(4-9(16)17-10)11-7(13)2-3-8(14)12(11)15/h2-5H,1H3. The van der Waals surface area contributed by atoms with E-state index in [1.807, 2.05) is 0 Å². The average molecular weight is 307 g/mol. The van der Waals surface area contributed by atoms with Crippen molar-refractivity contribution >= 4 is 34.8 Å². The zero-order valence-electron chi connectivity index (χ0n) is 9.18. The molecular formula is C12H7Cl3FNO. The van der Waals surface area contributed by atoms with E-state index in [2.05, 4.69) is 4.98 Å². The number of ether oxygens (including phenoxy) is 1. The number of hydrogen-bond donors (Lipinski definition) is 0. The van der Waals surface area contributed by atoms with Crippen LogP contribution in [-0.2, 0) is 0 Å². The molecule has 1 aromatic heterocycles. The third kappa shape index (κ3) is 2.53. The molecule has 18 heavy (non-hydrogen) atoms. The summed E-state index contributed by atoms with van der Waals surface area (Å²) in [5.41, 5.74) is 0.905. The van der Waals surface area contributed by atoms with Crippen LogP contribution >= 0.6 is 34.8 Å². The van der Waals surface area contributed by atoms with Crippen molar-refractivity contribution in [2.75, 3.05) is 7.11 Å². The zero-order chi connectivity index (χ0) is 13.3. The summed E-state index contributed by atoms with van der Waals surface area (Å²) >= 11 is 18.1. The number of rotatable bonds is 2. The molecule has 0 N–H and O–H groups in total. The molecule has 0 atom stereocenters. The maximum absolute atomic E-state index is 13.4. The van der Waals surface area contributed by atoms with Crippen LogP contribution < -0.4 is 4.74 Å². The minimum Gasteiger partial charge on any atom is -0.481 e. The van der Waals surface area contributed by atoms with Gasteiger partial charge in [0.2, 0.25) is 11.8 Å². The van der Waals surface area contributed by atoms with E-state index in [0.717, 1.165) is 0 Å². The molecule has 0 saturated heterocycles. The predicted octanol–water partition coefficient (Wildman–Crippen LogP) is 4.86. The molecule has 0 unspecified atom stereocenters. The summed E-state index contributed by atoms with van der Waals surface area (Å²) in [5, 5.41) is 0.973. The highest BCUT2D eigenvalue weighted by atomic mass is 35.5. The molecule has 0 aliphatic heterocycles. The molecule has 0 aliphatic rings. The lowest BCUT2D eigenvalue weighted by atomic mass is 10.1. The lowest BCUT2D eigenvalue weighted by Gasteiger charge is -2.09. The summed E-state index contributed by atoms with van der Waals surface area (Å²) in [5.74, 6) is -0.548. The highest BCUT2D eigenvalue weighted by molar-refractivity contribution is 6.46. The van der Waals surface area contributed by atoms with Gasteiger partial charge in [-0.25, -0.2) is 0 Å². The van der Waals surface area contributed by atoms with Gasteiger partial charge in [-0.15, -0.1) is 0 Å². The van der Waals surface area contributed by atoms with E-state index in [-0.39, 0.29) is 10.9 Å². The van der Waals surface area contributed by atoms with Crippen molar-refractivity contribution in [2.45, 2.75) is 0 Å². The van der Waals surface area contributed by atoms with Gasteiger partial charge in [0.15, 0.2) is 0 Å². The van der Waals surface area contributed by atoms with E-state index < -0.39 is 5.95 Å². The largest absolute Gasteiger partial charge is 0.481 e. The highest BCUT2D eigenvalue weighted by Crippen LogP contribution is 2.39. The van der Waals surface area contributed by atoms with Gasteiger partial charge < -0.3 is 4.74 Å². The fourth-order valence-electron chi connectivity index (χ4n) is 1.51. The van der Waals surface area contributed by atoms with Crippen LogP contribution in [0.3, 0.4) is 0 Å². The monoisotopic (exact) mass is 305 g/mol. The maximum atomic E-state index is 13.4. The third-order valence-electron chi connectivity index (χ3n) is 2.31. The average Bonchev–Trinajstić information content (AvgIpc) is 2.34. The maximum Gasteiger partial charge on any atom is 0.216 e. The fourth-order valence-corrected chi connectivity index (χ4v) is 2.26. The number of benzene rings is 1. The summed E-state index contributed by atoms with van der Waals surface area (Å²) in [6, 6.07) is 5.92. The van der Waals surface area contributed by atoms with Crippen LogP contribution in [0.1, 0.15) is 0 Å². The number of nitrogens with zero attached hydrogens (tertiary/aromatic N) is 1. The molecule has 6 heteroatoms. The lowest BCUT2D eigenvalue weighted by molar-refractivity contribution is 0.388. The summed E-state index contributed by atoms with van der Waals surface area (Å²) < 4.78 is 18.3. The first kappa shape index (κ1) is 13.4. The molecule has 0 spiro atoms. The van der Waals surface area contributed by atoms with Crippen LogP contribution in [0.2, 0.25) is 15.1 Å². The molecule has 1 aromatic carbocycles. The fraction of sp³-hybridized carbons (Fsp3) is 0.0833. The van der Waals surface area contributed by atoms with E-state index in [9.17, 15) is 4.39 Å². The Balaban J connectivity index is 2.69. The van der Waals surface area contributed by atoms with Gasteiger partial charge in [-0.2, -0.15) is 9.37 Å². The van der Waals surface area contributed by atoms with E-state index in [4.69, 9.17) is 39.5 Å². The predicted molar refractivity (Wildman–Crippen MR) is 71.2 cm³/mol. The Morgan fingerprint density at radius 1 is 1.11 bits per heavy atom. The number of aromatic nitrogens is 1. The zero-order valence-corrected chi connectivity index (χ0v) is 11.4. The number of methoxy groups -OCH3 is 1. The molecule has 2 aromatic rings. The van der Waals surface area contributed by atoms with Crippen molar-refractivity contribution in [1.82, 2.24) is 4.98 Å². The number of hydrogen-bond acceptors (Lipinski definition) is 2. The number of halogens is 4. The van der Waals surface area contributed by atoms with Crippen molar-refractivity contribution in [1.29, 1.82) is 0 Å². The van der Waals surface area contributed by atoms with Crippen LogP contribution in [-0.4, -0.2) is 12.1 Å². The molecule has 0 radical (unpaired) electrons. The van der Waals surface area contributed by atoms with E-state index in [1.54, 1.807) is 12.1 Å². The SMILES string of the molecule is COc1cc(-c2c(Cl)ccc(Cl)c2Cl)cc(F)n1. The molecule has 0 amide bonds.